The van der Waals surface area contributed by atoms with E-state index in [4.69, 9.17) is 4.74 Å². The summed E-state index contributed by atoms with van der Waals surface area (Å²) in [6.45, 7) is 4.37. The molecule has 26 heavy (non-hydrogen) atoms. The number of fused-ring (bicyclic) bond motifs is 1. The molecule has 6 heteroatoms. The van der Waals surface area contributed by atoms with E-state index < -0.39 is 0 Å². The highest BCUT2D eigenvalue weighted by molar-refractivity contribution is 7.17. The maximum Gasteiger partial charge on any atom is 0.341 e. The molecule has 5 nitrogen and oxygen atoms in total. The zero-order valence-electron chi connectivity index (χ0n) is 15.9. The summed E-state index contributed by atoms with van der Waals surface area (Å²) in [5.41, 5.74) is 1.67. The zero-order chi connectivity index (χ0) is 18.5. The van der Waals surface area contributed by atoms with Crippen LogP contribution in [0.15, 0.2) is 0 Å². The Balaban J connectivity index is 1.77. The fourth-order valence-corrected chi connectivity index (χ4v) is 5.43. The van der Waals surface area contributed by atoms with Gasteiger partial charge in [-0.25, -0.2) is 9.59 Å². The predicted octanol–water partition coefficient (Wildman–Crippen LogP) is 4.89. The SMILES string of the molecule is CCOC(=O)c1c(NC(=O)NC2CCCCC2)sc2c1CCC(CC)C2. The average molecular weight is 379 g/mol. The third kappa shape index (κ3) is 4.40. The standard InChI is InChI=1S/C20H30N2O3S/c1-3-13-10-11-15-16(12-13)26-18(17(15)19(23)25-4-2)22-20(24)21-14-8-6-5-7-9-14/h13-14H,3-12H2,1-2H3,(H2,21,22,24). The number of urea groups is 1. The highest BCUT2D eigenvalue weighted by atomic mass is 32.1. The second kappa shape index (κ2) is 8.89. The lowest BCUT2D eigenvalue weighted by Crippen LogP contribution is -2.39. The minimum Gasteiger partial charge on any atom is -0.462 e. The number of thiophene rings is 1. The van der Waals surface area contributed by atoms with E-state index >= 15 is 0 Å². The maximum atomic E-state index is 12.5. The van der Waals surface area contributed by atoms with Crippen molar-refractivity contribution < 1.29 is 14.3 Å². The van der Waals surface area contributed by atoms with Crippen molar-refractivity contribution in [1.29, 1.82) is 0 Å². The van der Waals surface area contributed by atoms with Crippen LogP contribution >= 0.6 is 11.3 Å². The van der Waals surface area contributed by atoms with Crippen molar-refractivity contribution in [2.24, 2.45) is 5.92 Å². The summed E-state index contributed by atoms with van der Waals surface area (Å²) in [6, 6.07) is 0.0435. The van der Waals surface area contributed by atoms with E-state index in [0.717, 1.165) is 44.1 Å². The minimum atomic E-state index is -0.312. The number of rotatable bonds is 5. The quantitative estimate of drug-likeness (QED) is 0.717. The predicted molar refractivity (Wildman–Crippen MR) is 105 cm³/mol. The molecule has 2 aliphatic carbocycles. The number of carbonyl (C=O) groups is 2. The summed E-state index contributed by atoms with van der Waals surface area (Å²) in [5, 5.41) is 6.68. The van der Waals surface area contributed by atoms with Gasteiger partial charge in [0, 0.05) is 10.9 Å². The topological polar surface area (TPSA) is 67.4 Å². The van der Waals surface area contributed by atoms with Gasteiger partial charge in [0.05, 0.1) is 12.2 Å². The number of ether oxygens (including phenoxy) is 1. The van der Waals surface area contributed by atoms with Crippen molar-refractivity contribution in [1.82, 2.24) is 5.32 Å². The van der Waals surface area contributed by atoms with Crippen LogP contribution in [0.25, 0.3) is 0 Å². The molecule has 0 spiro atoms. The Morgan fingerprint density at radius 1 is 1.15 bits per heavy atom. The van der Waals surface area contributed by atoms with Gasteiger partial charge in [-0.05, 0) is 50.5 Å². The third-order valence-electron chi connectivity index (χ3n) is 5.59. The molecule has 3 rings (SSSR count). The average Bonchev–Trinajstić information content (AvgIpc) is 2.99. The summed E-state index contributed by atoms with van der Waals surface area (Å²) in [5.74, 6) is 0.355. The molecule has 0 radical (unpaired) electrons. The Morgan fingerprint density at radius 3 is 2.62 bits per heavy atom. The third-order valence-corrected chi connectivity index (χ3v) is 6.76. The normalized spacial score (nSPS) is 20.3. The molecule has 0 saturated heterocycles. The molecule has 1 fully saturated rings. The van der Waals surface area contributed by atoms with Crippen LogP contribution in [-0.4, -0.2) is 24.6 Å². The highest BCUT2D eigenvalue weighted by Crippen LogP contribution is 2.40. The number of esters is 1. The fraction of sp³-hybridized carbons (Fsp3) is 0.700. The lowest BCUT2D eigenvalue weighted by molar-refractivity contribution is 0.0526. The van der Waals surface area contributed by atoms with Gasteiger partial charge in [-0.2, -0.15) is 0 Å². The lowest BCUT2D eigenvalue weighted by atomic mass is 9.86. The molecule has 1 aromatic rings. The molecule has 1 saturated carbocycles. The number of amides is 2. The van der Waals surface area contributed by atoms with E-state index in [9.17, 15) is 9.59 Å². The summed E-state index contributed by atoms with van der Waals surface area (Å²) in [6.07, 6.45) is 9.81. The van der Waals surface area contributed by atoms with Crippen LogP contribution in [0.1, 0.15) is 79.6 Å². The molecular weight excluding hydrogens is 348 g/mol. The molecule has 1 unspecified atom stereocenters. The first-order chi connectivity index (χ1) is 12.6. The van der Waals surface area contributed by atoms with Crippen molar-refractivity contribution in [2.45, 2.75) is 77.7 Å². The van der Waals surface area contributed by atoms with E-state index in [1.165, 1.54) is 24.1 Å². The van der Waals surface area contributed by atoms with Crippen LogP contribution in [0.5, 0.6) is 0 Å². The molecule has 0 bridgehead atoms. The number of carbonyl (C=O) groups excluding carboxylic acids is 2. The minimum absolute atomic E-state index is 0.201. The van der Waals surface area contributed by atoms with Gasteiger partial charge in [-0.15, -0.1) is 11.3 Å². The van der Waals surface area contributed by atoms with E-state index in [1.54, 1.807) is 11.3 Å². The van der Waals surface area contributed by atoms with Crippen molar-refractivity contribution in [3.63, 3.8) is 0 Å². The van der Waals surface area contributed by atoms with Gasteiger partial charge in [-0.1, -0.05) is 32.6 Å². The molecule has 0 aromatic carbocycles. The summed E-state index contributed by atoms with van der Waals surface area (Å²) < 4.78 is 5.27. The largest absolute Gasteiger partial charge is 0.462 e. The molecule has 0 aliphatic heterocycles. The van der Waals surface area contributed by atoms with Gasteiger partial charge in [0.1, 0.15) is 5.00 Å². The highest BCUT2D eigenvalue weighted by Gasteiger charge is 2.30. The second-order valence-corrected chi connectivity index (χ2v) is 8.48. The number of nitrogens with one attached hydrogen (secondary N) is 2. The van der Waals surface area contributed by atoms with Gasteiger partial charge >= 0.3 is 12.0 Å². The van der Waals surface area contributed by atoms with E-state index in [2.05, 4.69) is 17.6 Å². The van der Waals surface area contributed by atoms with Crippen molar-refractivity contribution >= 4 is 28.3 Å². The fourth-order valence-electron chi connectivity index (χ4n) is 4.08. The first kappa shape index (κ1) is 19.2. The van der Waals surface area contributed by atoms with Crippen molar-refractivity contribution in [3.8, 4) is 0 Å². The molecule has 2 aliphatic rings. The molecule has 144 valence electrons. The van der Waals surface area contributed by atoms with Gasteiger partial charge in [-0.3, -0.25) is 5.32 Å². The number of anilines is 1. The molecule has 1 heterocycles. The second-order valence-electron chi connectivity index (χ2n) is 7.38. The van der Waals surface area contributed by atoms with Crippen LogP contribution in [-0.2, 0) is 17.6 Å². The summed E-state index contributed by atoms with van der Waals surface area (Å²) in [7, 11) is 0. The monoisotopic (exact) mass is 378 g/mol. The van der Waals surface area contributed by atoms with Gasteiger partial charge in [0.25, 0.3) is 0 Å². The Labute approximate surface area is 159 Å². The van der Waals surface area contributed by atoms with Gasteiger partial charge < -0.3 is 10.1 Å². The Hall–Kier alpha value is -1.56. The first-order valence-corrected chi connectivity index (χ1v) is 10.8. The van der Waals surface area contributed by atoms with E-state index in [0.29, 0.717) is 23.1 Å². The Kier molecular flexibility index (Phi) is 6.57. The van der Waals surface area contributed by atoms with Crippen molar-refractivity contribution in [3.05, 3.63) is 16.0 Å². The van der Waals surface area contributed by atoms with Crippen molar-refractivity contribution in [2.75, 3.05) is 11.9 Å². The Morgan fingerprint density at radius 2 is 1.92 bits per heavy atom. The molecule has 2 N–H and O–H groups in total. The first-order valence-electron chi connectivity index (χ1n) is 10.0. The van der Waals surface area contributed by atoms with Crippen LogP contribution in [0.3, 0.4) is 0 Å². The summed E-state index contributed by atoms with van der Waals surface area (Å²) >= 11 is 1.55. The summed E-state index contributed by atoms with van der Waals surface area (Å²) in [4.78, 5) is 26.2. The zero-order valence-corrected chi connectivity index (χ0v) is 16.7. The smallest absolute Gasteiger partial charge is 0.341 e. The maximum absolute atomic E-state index is 12.5. The van der Waals surface area contributed by atoms with E-state index in [-0.39, 0.29) is 18.0 Å². The van der Waals surface area contributed by atoms with E-state index in [1.807, 2.05) is 6.92 Å². The van der Waals surface area contributed by atoms with Crippen LogP contribution in [0.4, 0.5) is 9.80 Å². The van der Waals surface area contributed by atoms with Crippen LogP contribution in [0.2, 0.25) is 0 Å². The Bertz CT molecular complexity index is 650. The molecule has 1 atom stereocenters. The van der Waals surface area contributed by atoms with Crippen LogP contribution in [0, 0.1) is 5.92 Å². The van der Waals surface area contributed by atoms with Gasteiger partial charge in [0.15, 0.2) is 0 Å². The molecular formula is C20H30N2O3S. The number of hydrogen-bond donors (Lipinski definition) is 2. The van der Waals surface area contributed by atoms with Gasteiger partial charge in [0.2, 0.25) is 0 Å². The molecule has 1 aromatic heterocycles. The lowest BCUT2D eigenvalue weighted by Gasteiger charge is -2.22. The molecule has 2 amide bonds. The number of hydrogen-bond acceptors (Lipinski definition) is 4. The van der Waals surface area contributed by atoms with Crippen LogP contribution < -0.4 is 10.6 Å².